The van der Waals surface area contributed by atoms with Gasteiger partial charge in [0, 0.05) is 36.6 Å². The maximum absolute atomic E-state index is 13.2. The van der Waals surface area contributed by atoms with Crippen LogP contribution in [0.4, 0.5) is 4.39 Å². The maximum atomic E-state index is 13.2. The Hall–Kier alpha value is -3.11. The van der Waals surface area contributed by atoms with Gasteiger partial charge in [-0.15, -0.1) is 11.3 Å². The Bertz CT molecular complexity index is 1290. The summed E-state index contributed by atoms with van der Waals surface area (Å²) >= 11 is 1.53. The lowest BCUT2D eigenvalue weighted by Crippen LogP contribution is -2.56. The molecule has 1 fully saturated rings. The first-order valence-corrected chi connectivity index (χ1v) is 12.5. The van der Waals surface area contributed by atoms with E-state index in [2.05, 4.69) is 20.2 Å². The minimum absolute atomic E-state index is 0.108. The van der Waals surface area contributed by atoms with Crippen molar-refractivity contribution in [2.24, 2.45) is 5.92 Å². The third-order valence-corrected chi connectivity index (χ3v) is 7.57. The van der Waals surface area contributed by atoms with Crippen molar-refractivity contribution in [3.05, 3.63) is 62.3 Å². The van der Waals surface area contributed by atoms with E-state index < -0.39 is 17.8 Å². The number of rotatable bonds is 6. The van der Waals surface area contributed by atoms with Gasteiger partial charge in [-0.25, -0.2) is 9.37 Å². The molecule has 1 aromatic carbocycles. The quantitative estimate of drug-likeness (QED) is 0.544. The number of nitrogens with one attached hydrogen (secondary N) is 2. The molecule has 2 N–H and O–H groups in total. The van der Waals surface area contributed by atoms with E-state index in [1.165, 1.54) is 35.6 Å². The van der Waals surface area contributed by atoms with E-state index in [1.807, 2.05) is 27.7 Å². The smallest absolute Gasteiger partial charge is 0.259 e. The van der Waals surface area contributed by atoms with Gasteiger partial charge in [-0.1, -0.05) is 13.8 Å². The Kier molecular flexibility index (Phi) is 7.32. The van der Waals surface area contributed by atoms with Crippen molar-refractivity contribution in [3.63, 3.8) is 0 Å². The number of benzene rings is 1. The number of aromatic amines is 1. The van der Waals surface area contributed by atoms with E-state index in [4.69, 9.17) is 0 Å². The minimum atomic E-state index is -0.676. The van der Waals surface area contributed by atoms with Gasteiger partial charge < -0.3 is 15.2 Å². The average molecular weight is 500 g/mol. The van der Waals surface area contributed by atoms with Crippen molar-refractivity contribution in [1.82, 2.24) is 25.1 Å². The third kappa shape index (κ3) is 5.43. The summed E-state index contributed by atoms with van der Waals surface area (Å²) in [5, 5.41) is 3.48. The molecule has 1 aliphatic rings. The lowest BCUT2D eigenvalue weighted by Gasteiger charge is -2.37. The van der Waals surface area contributed by atoms with E-state index in [9.17, 15) is 18.8 Å². The second-order valence-electron chi connectivity index (χ2n) is 9.28. The maximum Gasteiger partial charge on any atom is 0.259 e. The molecule has 0 bridgehead atoms. The molecule has 0 spiro atoms. The number of carbonyl (C=O) groups excluding carboxylic acids is 2. The number of hydrogen-bond donors (Lipinski definition) is 2. The SMILES string of the molecule is Cc1sc2nc(CN3CCN(C(=O)C(NC(=O)c4ccc(F)cc4)C(C)C)CC3)[nH]c(=O)c2c1C. The minimum Gasteiger partial charge on any atom is -0.340 e. The highest BCUT2D eigenvalue weighted by Crippen LogP contribution is 2.25. The average Bonchev–Trinajstić information content (AvgIpc) is 3.11. The molecule has 4 rings (SSSR count). The number of nitrogens with zero attached hydrogens (tertiary/aromatic N) is 3. The fraction of sp³-hybridized carbons (Fsp3) is 0.440. The highest BCUT2D eigenvalue weighted by atomic mass is 32.1. The molecular formula is C25H30FN5O3S. The van der Waals surface area contributed by atoms with Gasteiger partial charge in [-0.3, -0.25) is 19.3 Å². The Balaban J connectivity index is 1.37. The largest absolute Gasteiger partial charge is 0.340 e. The number of fused-ring (bicyclic) bond motifs is 1. The van der Waals surface area contributed by atoms with Crippen LogP contribution in [0.3, 0.4) is 0 Å². The number of piperazine rings is 1. The predicted octanol–water partition coefficient (Wildman–Crippen LogP) is 2.84. The van der Waals surface area contributed by atoms with E-state index in [1.54, 1.807) is 4.90 Å². The Morgan fingerprint density at radius 2 is 1.80 bits per heavy atom. The summed E-state index contributed by atoms with van der Waals surface area (Å²) in [6, 6.07) is 4.58. The summed E-state index contributed by atoms with van der Waals surface area (Å²) in [5.74, 6) is -0.442. The lowest BCUT2D eigenvalue weighted by molar-refractivity contribution is -0.136. The molecule has 2 aromatic heterocycles. The number of hydrogen-bond acceptors (Lipinski definition) is 6. The van der Waals surface area contributed by atoms with Crippen LogP contribution in [0.1, 0.15) is 40.5 Å². The van der Waals surface area contributed by atoms with Gasteiger partial charge in [0.05, 0.1) is 11.9 Å². The summed E-state index contributed by atoms with van der Waals surface area (Å²) in [5.41, 5.74) is 1.17. The molecule has 0 aliphatic carbocycles. The normalized spacial score (nSPS) is 15.5. The molecule has 1 saturated heterocycles. The molecule has 1 atom stereocenters. The van der Waals surface area contributed by atoms with E-state index in [0.717, 1.165) is 15.3 Å². The third-order valence-electron chi connectivity index (χ3n) is 6.47. The van der Waals surface area contributed by atoms with Crippen LogP contribution in [0.15, 0.2) is 29.1 Å². The number of aryl methyl sites for hydroxylation is 2. The van der Waals surface area contributed by atoms with Gasteiger partial charge >= 0.3 is 0 Å². The molecule has 35 heavy (non-hydrogen) atoms. The van der Waals surface area contributed by atoms with Gasteiger partial charge in [0.15, 0.2) is 0 Å². The summed E-state index contributed by atoms with van der Waals surface area (Å²) in [4.78, 5) is 51.7. The van der Waals surface area contributed by atoms with Crippen LogP contribution in [0, 0.1) is 25.6 Å². The predicted molar refractivity (Wildman–Crippen MR) is 134 cm³/mol. The molecular weight excluding hydrogens is 469 g/mol. The molecule has 0 saturated carbocycles. The Labute approximate surface area is 207 Å². The van der Waals surface area contributed by atoms with Gasteiger partial charge in [0.25, 0.3) is 11.5 Å². The van der Waals surface area contributed by atoms with Crippen LogP contribution in [0.2, 0.25) is 0 Å². The van der Waals surface area contributed by atoms with Crippen LogP contribution in [-0.4, -0.2) is 63.8 Å². The van der Waals surface area contributed by atoms with Gasteiger partial charge in [0.2, 0.25) is 5.91 Å². The van der Waals surface area contributed by atoms with Gasteiger partial charge in [-0.05, 0) is 49.6 Å². The number of halogens is 1. The topological polar surface area (TPSA) is 98.4 Å². The van der Waals surface area contributed by atoms with E-state index in [0.29, 0.717) is 49.5 Å². The molecule has 3 heterocycles. The molecule has 1 aliphatic heterocycles. The zero-order valence-electron chi connectivity index (χ0n) is 20.4. The van der Waals surface area contributed by atoms with Crippen LogP contribution in [-0.2, 0) is 11.3 Å². The molecule has 1 unspecified atom stereocenters. The van der Waals surface area contributed by atoms with Gasteiger partial charge in [0.1, 0.15) is 22.5 Å². The Morgan fingerprint density at radius 1 is 1.14 bits per heavy atom. The highest BCUT2D eigenvalue weighted by Gasteiger charge is 2.31. The van der Waals surface area contributed by atoms with Crippen molar-refractivity contribution in [2.45, 2.75) is 40.3 Å². The fourth-order valence-electron chi connectivity index (χ4n) is 4.25. The number of thiophene rings is 1. The van der Waals surface area contributed by atoms with Crippen LogP contribution in [0.5, 0.6) is 0 Å². The fourth-order valence-corrected chi connectivity index (χ4v) is 5.30. The van der Waals surface area contributed by atoms with Crippen molar-refractivity contribution >= 4 is 33.4 Å². The number of aromatic nitrogens is 2. The molecule has 8 nitrogen and oxygen atoms in total. The van der Waals surface area contributed by atoms with Crippen molar-refractivity contribution in [3.8, 4) is 0 Å². The lowest BCUT2D eigenvalue weighted by atomic mass is 10.0. The first kappa shape index (κ1) is 25.0. The van der Waals surface area contributed by atoms with Crippen LogP contribution in [0.25, 0.3) is 10.2 Å². The van der Waals surface area contributed by atoms with Crippen LogP contribution < -0.4 is 10.9 Å². The van der Waals surface area contributed by atoms with Crippen molar-refractivity contribution < 1.29 is 14.0 Å². The Morgan fingerprint density at radius 3 is 2.43 bits per heavy atom. The monoisotopic (exact) mass is 499 g/mol. The molecule has 2 amide bonds. The first-order valence-electron chi connectivity index (χ1n) is 11.7. The summed E-state index contributed by atoms with van der Waals surface area (Å²) < 4.78 is 13.2. The summed E-state index contributed by atoms with van der Waals surface area (Å²) in [6.07, 6.45) is 0. The zero-order valence-corrected chi connectivity index (χ0v) is 21.2. The van der Waals surface area contributed by atoms with Crippen molar-refractivity contribution in [2.75, 3.05) is 26.2 Å². The molecule has 3 aromatic rings. The molecule has 10 heteroatoms. The van der Waals surface area contributed by atoms with Crippen LogP contribution >= 0.6 is 11.3 Å². The summed E-state index contributed by atoms with van der Waals surface area (Å²) in [7, 11) is 0. The molecule has 0 radical (unpaired) electrons. The van der Waals surface area contributed by atoms with Gasteiger partial charge in [-0.2, -0.15) is 0 Å². The standard InChI is InChI=1S/C25H30FN5O3S/c1-14(2)21(29-22(32)17-5-7-18(26)8-6-17)25(34)31-11-9-30(10-12-31)13-19-27-23(33)20-15(3)16(4)35-24(20)28-19/h5-8,14,21H,9-13H2,1-4H3,(H,29,32)(H,27,28,33). The van der Waals surface area contributed by atoms with E-state index >= 15 is 0 Å². The second-order valence-corrected chi connectivity index (χ2v) is 10.5. The highest BCUT2D eigenvalue weighted by molar-refractivity contribution is 7.18. The van der Waals surface area contributed by atoms with E-state index in [-0.39, 0.29) is 17.4 Å². The number of carbonyl (C=O) groups is 2. The first-order chi connectivity index (χ1) is 16.6. The number of H-pyrrole nitrogens is 1. The second kappa shape index (κ2) is 10.2. The van der Waals surface area contributed by atoms with Crippen molar-refractivity contribution in [1.29, 1.82) is 0 Å². The zero-order chi connectivity index (χ0) is 25.3. The summed E-state index contributed by atoms with van der Waals surface area (Å²) in [6.45, 7) is 10.5. The molecule has 186 valence electrons. The number of amides is 2.